The number of rotatable bonds is 5. The molecule has 7 rings (SSSR count). The van der Waals surface area contributed by atoms with Gasteiger partial charge in [0.1, 0.15) is 16.6 Å². The molecule has 37 heavy (non-hydrogen) atoms. The van der Waals surface area contributed by atoms with Crippen molar-refractivity contribution >= 4 is 56.0 Å². The van der Waals surface area contributed by atoms with Crippen LogP contribution < -0.4 is 5.32 Å². The summed E-state index contributed by atoms with van der Waals surface area (Å²) in [5.41, 5.74) is 5.10. The molecule has 3 heterocycles. The second-order valence-electron chi connectivity index (χ2n) is 8.43. The molecule has 0 saturated carbocycles. The highest BCUT2D eigenvalue weighted by Gasteiger charge is 2.48. The van der Waals surface area contributed by atoms with E-state index in [1.54, 1.807) is 14.0 Å². The van der Waals surface area contributed by atoms with E-state index >= 15 is 0 Å². The molecular formula is C26H18N10S. The minimum Gasteiger partial charge on any atom is -0.345 e. The van der Waals surface area contributed by atoms with Crippen molar-refractivity contribution in [3.05, 3.63) is 103 Å². The van der Waals surface area contributed by atoms with E-state index in [0.29, 0.717) is 21.5 Å². The molecule has 0 aliphatic heterocycles. The fourth-order valence-electron chi connectivity index (χ4n) is 4.59. The first-order chi connectivity index (χ1) is 18.3. The van der Waals surface area contributed by atoms with E-state index in [4.69, 9.17) is 12.2 Å². The lowest BCUT2D eigenvalue weighted by Gasteiger charge is -2.35. The van der Waals surface area contributed by atoms with Crippen LogP contribution in [-0.4, -0.2) is 50.0 Å². The number of aromatic nitrogens is 9. The van der Waals surface area contributed by atoms with Crippen LogP contribution in [0.2, 0.25) is 0 Å². The standard InChI is InChI=1S/C26H18N10S/c37-25(27-18-10-2-1-3-11-18)26(34-22-15-7-4-12-19(22)28-31-34,35-23-16-8-5-13-20(23)29-32-35)36-24-17-9-6-14-21(24)30-33-36/h1-17H,(H,27,37). The van der Waals surface area contributed by atoms with Gasteiger partial charge in [0, 0.05) is 5.69 Å². The Morgan fingerprint density at radius 2 is 0.919 bits per heavy atom. The molecule has 0 unspecified atom stereocenters. The average Bonchev–Trinajstić information content (AvgIpc) is 3.68. The summed E-state index contributed by atoms with van der Waals surface area (Å²) in [6.07, 6.45) is 0. The van der Waals surface area contributed by atoms with Crippen molar-refractivity contribution in [3.63, 3.8) is 0 Å². The Morgan fingerprint density at radius 3 is 1.35 bits per heavy atom. The van der Waals surface area contributed by atoms with Gasteiger partial charge in [-0.15, -0.1) is 15.3 Å². The van der Waals surface area contributed by atoms with Crippen molar-refractivity contribution in [2.75, 3.05) is 5.32 Å². The third-order valence-corrected chi connectivity index (χ3v) is 6.65. The summed E-state index contributed by atoms with van der Waals surface area (Å²) in [7, 11) is 0. The van der Waals surface area contributed by atoms with Crippen LogP contribution >= 0.6 is 12.2 Å². The van der Waals surface area contributed by atoms with Gasteiger partial charge in [-0.1, -0.05) is 82.5 Å². The summed E-state index contributed by atoms with van der Waals surface area (Å²) in [5, 5.41) is 30.6. The Hall–Kier alpha value is -5.03. The van der Waals surface area contributed by atoms with E-state index < -0.39 is 5.79 Å². The van der Waals surface area contributed by atoms with Crippen molar-refractivity contribution in [2.45, 2.75) is 5.79 Å². The third kappa shape index (κ3) is 3.14. The Labute approximate surface area is 215 Å². The molecule has 0 radical (unpaired) electrons. The minimum absolute atomic E-state index is 0.348. The first-order valence-electron chi connectivity index (χ1n) is 11.6. The lowest BCUT2D eigenvalue weighted by molar-refractivity contribution is 0.218. The molecule has 0 aliphatic rings. The van der Waals surface area contributed by atoms with Crippen LogP contribution in [0.3, 0.4) is 0 Å². The molecule has 11 heteroatoms. The lowest BCUT2D eigenvalue weighted by atomic mass is 10.2. The number of anilines is 1. The molecule has 0 aliphatic carbocycles. The molecule has 0 spiro atoms. The van der Waals surface area contributed by atoms with Gasteiger partial charge in [0.2, 0.25) is 0 Å². The number of nitrogens with one attached hydrogen (secondary N) is 1. The molecule has 7 aromatic rings. The zero-order valence-electron chi connectivity index (χ0n) is 19.2. The number of thiocarbonyl (C=S) groups is 1. The quantitative estimate of drug-likeness (QED) is 0.351. The molecule has 10 nitrogen and oxygen atoms in total. The fraction of sp³-hybridized carbons (Fsp3) is 0.0385. The van der Waals surface area contributed by atoms with Crippen LogP contribution in [-0.2, 0) is 5.79 Å². The topological polar surface area (TPSA) is 104 Å². The SMILES string of the molecule is S=C(Nc1ccccc1)C(n1nnc2ccccc21)(n1nnc2ccccc21)n1nnc2ccccc21. The Morgan fingerprint density at radius 1 is 0.541 bits per heavy atom. The first-order valence-corrected chi connectivity index (χ1v) is 12.0. The van der Waals surface area contributed by atoms with E-state index in [2.05, 4.69) is 36.3 Å². The molecule has 1 N–H and O–H groups in total. The Kier molecular flexibility index (Phi) is 4.76. The van der Waals surface area contributed by atoms with Gasteiger partial charge in [-0.25, -0.2) is 0 Å². The summed E-state index contributed by atoms with van der Waals surface area (Å²) in [6.45, 7) is 0. The largest absolute Gasteiger partial charge is 0.345 e. The van der Waals surface area contributed by atoms with Crippen LogP contribution in [0.1, 0.15) is 0 Å². The van der Waals surface area contributed by atoms with E-state index in [0.717, 1.165) is 22.2 Å². The van der Waals surface area contributed by atoms with Crippen molar-refractivity contribution in [3.8, 4) is 0 Å². The van der Waals surface area contributed by atoms with Crippen LogP contribution in [0.15, 0.2) is 103 Å². The summed E-state index contributed by atoms with van der Waals surface area (Å²) < 4.78 is 5.18. The molecule has 4 aromatic carbocycles. The van der Waals surface area contributed by atoms with E-state index in [9.17, 15) is 0 Å². The minimum atomic E-state index is -1.48. The molecular weight excluding hydrogens is 484 g/mol. The maximum Gasteiger partial charge on any atom is 0.308 e. The van der Waals surface area contributed by atoms with Crippen LogP contribution in [0.4, 0.5) is 5.69 Å². The molecule has 178 valence electrons. The van der Waals surface area contributed by atoms with Crippen LogP contribution in [0, 0.1) is 0 Å². The zero-order chi connectivity index (χ0) is 24.8. The summed E-state index contributed by atoms with van der Waals surface area (Å²) >= 11 is 6.23. The molecule has 0 saturated heterocycles. The summed E-state index contributed by atoms with van der Waals surface area (Å²) in [6, 6.07) is 32.8. The van der Waals surface area contributed by atoms with Crippen molar-refractivity contribution in [1.29, 1.82) is 0 Å². The molecule has 3 aromatic heterocycles. The predicted molar refractivity (Wildman–Crippen MR) is 144 cm³/mol. The molecule has 0 fully saturated rings. The van der Waals surface area contributed by atoms with Crippen molar-refractivity contribution in [2.24, 2.45) is 0 Å². The predicted octanol–water partition coefficient (Wildman–Crippen LogP) is 4.07. The van der Waals surface area contributed by atoms with Crippen LogP contribution in [0.25, 0.3) is 33.1 Å². The van der Waals surface area contributed by atoms with E-state index in [1.165, 1.54) is 0 Å². The first kappa shape index (κ1) is 21.3. The molecule has 0 bridgehead atoms. The van der Waals surface area contributed by atoms with Gasteiger partial charge in [-0.05, 0) is 48.5 Å². The fourth-order valence-corrected chi connectivity index (χ4v) is 4.97. The molecule has 0 amide bonds. The normalized spacial score (nSPS) is 11.9. The number of hydrogen-bond acceptors (Lipinski definition) is 7. The molecule has 0 atom stereocenters. The van der Waals surface area contributed by atoms with Gasteiger partial charge in [0.15, 0.2) is 4.99 Å². The number of fused-ring (bicyclic) bond motifs is 3. The average molecular weight is 503 g/mol. The highest BCUT2D eigenvalue weighted by atomic mass is 32.1. The van der Waals surface area contributed by atoms with Gasteiger partial charge in [0.05, 0.1) is 16.6 Å². The van der Waals surface area contributed by atoms with Gasteiger partial charge in [-0.2, -0.15) is 14.0 Å². The number of para-hydroxylation sites is 4. The Bertz CT molecular complexity index is 1720. The second kappa shape index (κ2) is 8.28. The van der Waals surface area contributed by atoms with Crippen molar-refractivity contribution < 1.29 is 0 Å². The third-order valence-electron chi connectivity index (χ3n) is 6.28. The monoisotopic (exact) mass is 502 g/mol. The maximum absolute atomic E-state index is 6.23. The van der Waals surface area contributed by atoms with Crippen molar-refractivity contribution in [1.82, 2.24) is 45.0 Å². The van der Waals surface area contributed by atoms with Gasteiger partial charge < -0.3 is 5.32 Å². The highest BCUT2D eigenvalue weighted by molar-refractivity contribution is 7.80. The maximum atomic E-state index is 6.23. The number of nitrogens with zero attached hydrogens (tertiary/aromatic N) is 9. The van der Waals surface area contributed by atoms with Gasteiger partial charge >= 0.3 is 5.79 Å². The van der Waals surface area contributed by atoms with Crippen LogP contribution in [0.5, 0.6) is 0 Å². The zero-order valence-corrected chi connectivity index (χ0v) is 20.1. The van der Waals surface area contributed by atoms with E-state index in [1.807, 2.05) is 103 Å². The number of hydrogen-bond donors (Lipinski definition) is 1. The summed E-state index contributed by atoms with van der Waals surface area (Å²) in [5.74, 6) is -1.48. The number of benzene rings is 4. The van der Waals surface area contributed by atoms with Gasteiger partial charge in [-0.3, -0.25) is 0 Å². The van der Waals surface area contributed by atoms with E-state index in [-0.39, 0.29) is 0 Å². The second-order valence-corrected chi connectivity index (χ2v) is 8.83. The lowest BCUT2D eigenvalue weighted by Crippen LogP contribution is -2.57. The smallest absolute Gasteiger partial charge is 0.308 e. The Balaban J connectivity index is 1.64. The summed E-state index contributed by atoms with van der Waals surface area (Å²) in [4.78, 5) is 0.348. The van der Waals surface area contributed by atoms with Gasteiger partial charge in [0.25, 0.3) is 0 Å². The highest BCUT2D eigenvalue weighted by Crippen LogP contribution is 2.32.